The highest BCUT2D eigenvalue weighted by Crippen LogP contribution is 2.24. The van der Waals surface area contributed by atoms with Gasteiger partial charge in [-0.05, 0) is 55.5 Å². The molecule has 3 aromatic carbocycles. The first kappa shape index (κ1) is 21.8. The molecule has 0 radical (unpaired) electrons. The second kappa shape index (κ2) is 8.84. The van der Waals surface area contributed by atoms with E-state index < -0.39 is 20.9 Å². The lowest BCUT2D eigenvalue weighted by atomic mass is 10.1. The molecule has 0 fully saturated rings. The van der Waals surface area contributed by atoms with Crippen LogP contribution in [0.15, 0.2) is 71.6 Å². The maximum atomic E-state index is 12.7. The van der Waals surface area contributed by atoms with Crippen LogP contribution in [0.4, 0.5) is 17.1 Å². The molecule has 0 aliphatic rings. The number of hydrogen-bond acceptors (Lipinski definition) is 6. The number of hydrogen-bond donors (Lipinski definition) is 2. The van der Waals surface area contributed by atoms with E-state index in [1.165, 1.54) is 49.6 Å². The Morgan fingerprint density at radius 1 is 1.00 bits per heavy atom. The summed E-state index contributed by atoms with van der Waals surface area (Å²) in [5.41, 5.74) is 0.980. The van der Waals surface area contributed by atoms with E-state index in [-0.39, 0.29) is 21.8 Å². The Balaban J connectivity index is 1.81. The van der Waals surface area contributed by atoms with Gasteiger partial charge in [-0.25, -0.2) is 8.42 Å². The zero-order valence-corrected chi connectivity index (χ0v) is 17.5. The normalized spacial score (nSPS) is 10.9. The fourth-order valence-corrected chi connectivity index (χ4v) is 3.87. The third-order valence-corrected chi connectivity index (χ3v) is 5.79. The van der Waals surface area contributed by atoms with Gasteiger partial charge in [0, 0.05) is 28.6 Å². The van der Waals surface area contributed by atoms with Crippen LogP contribution in [0.1, 0.15) is 15.9 Å². The minimum Gasteiger partial charge on any atom is -0.497 e. The van der Waals surface area contributed by atoms with Gasteiger partial charge in [0.05, 0.1) is 16.9 Å². The lowest BCUT2D eigenvalue weighted by Crippen LogP contribution is -2.16. The molecule has 0 heterocycles. The van der Waals surface area contributed by atoms with Crippen molar-refractivity contribution in [2.75, 3.05) is 17.1 Å². The van der Waals surface area contributed by atoms with Crippen LogP contribution in [-0.4, -0.2) is 26.4 Å². The molecule has 0 saturated heterocycles. The predicted octanol–water partition coefficient (Wildman–Crippen LogP) is 3.96. The number of rotatable bonds is 7. The van der Waals surface area contributed by atoms with Gasteiger partial charge in [0.25, 0.3) is 21.6 Å². The van der Waals surface area contributed by atoms with Crippen molar-refractivity contribution in [2.24, 2.45) is 0 Å². The molecular formula is C21H19N3O6S. The minimum absolute atomic E-state index is 0.0841. The largest absolute Gasteiger partial charge is 0.497 e. The van der Waals surface area contributed by atoms with Gasteiger partial charge in [-0.15, -0.1) is 0 Å². The number of methoxy groups -OCH3 is 1. The molecule has 0 aromatic heterocycles. The van der Waals surface area contributed by atoms with Crippen LogP contribution >= 0.6 is 0 Å². The van der Waals surface area contributed by atoms with E-state index in [4.69, 9.17) is 4.74 Å². The van der Waals surface area contributed by atoms with Crippen LogP contribution in [0.25, 0.3) is 0 Å². The van der Waals surface area contributed by atoms with Crippen molar-refractivity contribution in [1.29, 1.82) is 0 Å². The SMILES string of the molecule is COc1ccc(NS(=O)(=O)c2cccc(C(=O)Nc3ccc(C)c([N+](=O)[O-])c3)c2)cc1. The Hall–Kier alpha value is -3.92. The Labute approximate surface area is 178 Å². The van der Waals surface area contributed by atoms with Gasteiger partial charge in [-0.2, -0.15) is 0 Å². The van der Waals surface area contributed by atoms with Crippen molar-refractivity contribution in [3.63, 3.8) is 0 Å². The van der Waals surface area contributed by atoms with Crippen LogP contribution < -0.4 is 14.8 Å². The van der Waals surface area contributed by atoms with E-state index in [1.807, 2.05) is 0 Å². The molecule has 0 unspecified atom stereocenters. The summed E-state index contributed by atoms with van der Waals surface area (Å²) < 4.78 is 32.9. The van der Waals surface area contributed by atoms with Crippen molar-refractivity contribution in [3.8, 4) is 5.75 Å². The molecule has 160 valence electrons. The highest BCUT2D eigenvalue weighted by molar-refractivity contribution is 7.92. The number of nitro benzene ring substituents is 1. The zero-order chi connectivity index (χ0) is 22.6. The maximum absolute atomic E-state index is 12.7. The van der Waals surface area contributed by atoms with Gasteiger partial charge >= 0.3 is 0 Å². The topological polar surface area (TPSA) is 128 Å². The summed E-state index contributed by atoms with van der Waals surface area (Å²) in [6.07, 6.45) is 0. The van der Waals surface area contributed by atoms with Crippen LogP contribution in [0.2, 0.25) is 0 Å². The summed E-state index contributed by atoms with van der Waals surface area (Å²) in [5, 5.41) is 13.6. The quantitative estimate of drug-likeness (QED) is 0.422. The van der Waals surface area contributed by atoms with Gasteiger partial charge in [0.2, 0.25) is 0 Å². The molecule has 0 aliphatic carbocycles. The van der Waals surface area contributed by atoms with Gasteiger partial charge < -0.3 is 10.1 Å². The van der Waals surface area contributed by atoms with Crippen molar-refractivity contribution < 1.29 is 22.9 Å². The fourth-order valence-electron chi connectivity index (χ4n) is 2.76. The molecule has 3 rings (SSSR count). The van der Waals surface area contributed by atoms with E-state index >= 15 is 0 Å². The summed E-state index contributed by atoms with van der Waals surface area (Å²) in [7, 11) is -2.44. The maximum Gasteiger partial charge on any atom is 0.274 e. The number of sulfonamides is 1. The Morgan fingerprint density at radius 3 is 2.32 bits per heavy atom. The number of aryl methyl sites for hydroxylation is 1. The zero-order valence-electron chi connectivity index (χ0n) is 16.7. The van der Waals surface area contributed by atoms with Gasteiger partial charge in [-0.1, -0.05) is 12.1 Å². The first-order chi connectivity index (χ1) is 14.7. The molecular weight excluding hydrogens is 422 g/mol. The van der Waals surface area contributed by atoms with Gasteiger partial charge in [-0.3, -0.25) is 19.6 Å². The molecule has 31 heavy (non-hydrogen) atoms. The standard InChI is InChI=1S/C21H19N3O6S/c1-14-6-7-17(13-20(14)24(26)27)22-21(25)15-4-3-5-19(12-15)31(28,29)23-16-8-10-18(30-2)11-9-16/h3-13,23H,1-2H3,(H,22,25). The number of benzene rings is 3. The van der Waals surface area contributed by atoms with E-state index in [0.29, 0.717) is 17.0 Å². The molecule has 0 atom stereocenters. The van der Waals surface area contributed by atoms with E-state index in [2.05, 4.69) is 10.0 Å². The fraction of sp³-hybridized carbons (Fsp3) is 0.0952. The Morgan fingerprint density at radius 2 is 1.68 bits per heavy atom. The van der Waals surface area contributed by atoms with Crippen molar-refractivity contribution in [1.82, 2.24) is 0 Å². The van der Waals surface area contributed by atoms with Gasteiger partial charge in [0.15, 0.2) is 0 Å². The Bertz CT molecular complexity index is 1240. The number of nitro groups is 1. The molecule has 2 N–H and O–H groups in total. The Kier molecular flexibility index (Phi) is 6.21. The second-order valence-electron chi connectivity index (χ2n) is 6.57. The third-order valence-electron chi connectivity index (χ3n) is 4.41. The van der Waals surface area contributed by atoms with Crippen LogP contribution in [0.5, 0.6) is 5.75 Å². The lowest BCUT2D eigenvalue weighted by Gasteiger charge is -2.10. The summed E-state index contributed by atoms with van der Waals surface area (Å²) in [5.74, 6) is -0.0161. The van der Waals surface area contributed by atoms with Crippen LogP contribution in [0, 0.1) is 17.0 Å². The monoisotopic (exact) mass is 441 g/mol. The van der Waals surface area contributed by atoms with E-state index in [0.717, 1.165) is 0 Å². The number of nitrogens with one attached hydrogen (secondary N) is 2. The number of carbonyl (C=O) groups is 1. The summed E-state index contributed by atoms with van der Waals surface area (Å²) >= 11 is 0. The van der Waals surface area contributed by atoms with E-state index in [1.54, 1.807) is 31.2 Å². The second-order valence-corrected chi connectivity index (χ2v) is 8.26. The molecule has 0 aliphatic heterocycles. The number of nitrogens with zero attached hydrogens (tertiary/aromatic N) is 1. The highest BCUT2D eigenvalue weighted by Gasteiger charge is 2.18. The van der Waals surface area contributed by atoms with Crippen molar-refractivity contribution >= 4 is 33.0 Å². The van der Waals surface area contributed by atoms with Crippen LogP contribution in [-0.2, 0) is 10.0 Å². The van der Waals surface area contributed by atoms with Crippen molar-refractivity contribution in [3.05, 3.63) is 88.0 Å². The molecule has 3 aromatic rings. The smallest absolute Gasteiger partial charge is 0.274 e. The molecule has 9 nitrogen and oxygen atoms in total. The molecule has 0 spiro atoms. The average Bonchev–Trinajstić information content (AvgIpc) is 2.75. The van der Waals surface area contributed by atoms with Crippen molar-refractivity contribution in [2.45, 2.75) is 11.8 Å². The lowest BCUT2D eigenvalue weighted by molar-refractivity contribution is -0.385. The summed E-state index contributed by atoms with van der Waals surface area (Å²) in [6, 6.07) is 16.1. The first-order valence-corrected chi connectivity index (χ1v) is 10.5. The van der Waals surface area contributed by atoms with E-state index in [9.17, 15) is 23.3 Å². The predicted molar refractivity (Wildman–Crippen MR) is 116 cm³/mol. The molecule has 1 amide bonds. The number of ether oxygens (including phenoxy) is 1. The molecule has 0 saturated carbocycles. The summed E-state index contributed by atoms with van der Waals surface area (Å²) in [6.45, 7) is 1.59. The number of anilines is 2. The molecule has 0 bridgehead atoms. The minimum atomic E-state index is -3.95. The van der Waals surface area contributed by atoms with Gasteiger partial charge in [0.1, 0.15) is 5.75 Å². The average molecular weight is 441 g/mol. The highest BCUT2D eigenvalue weighted by atomic mass is 32.2. The summed E-state index contributed by atoms with van der Waals surface area (Å²) in [4.78, 5) is 23.0. The number of carbonyl (C=O) groups excluding carboxylic acids is 1. The van der Waals surface area contributed by atoms with Crippen LogP contribution in [0.3, 0.4) is 0 Å². The first-order valence-electron chi connectivity index (χ1n) is 9.03. The number of amides is 1. The molecule has 10 heteroatoms. The third kappa shape index (κ3) is 5.17.